The second kappa shape index (κ2) is 5.14. The maximum absolute atomic E-state index is 11.0. The van der Waals surface area contributed by atoms with E-state index in [1.165, 1.54) is 0 Å². The summed E-state index contributed by atoms with van der Waals surface area (Å²) in [6, 6.07) is 6.26. The van der Waals surface area contributed by atoms with Gasteiger partial charge in [0.1, 0.15) is 6.29 Å². The SMILES string of the molecule is CC(C)C(=O)OOc1ccc(C=O)cc1. The average molecular weight is 208 g/mol. The van der Waals surface area contributed by atoms with Crippen LogP contribution in [0.15, 0.2) is 24.3 Å². The molecule has 0 N–H and O–H groups in total. The van der Waals surface area contributed by atoms with Crippen LogP contribution in [-0.2, 0) is 9.68 Å². The van der Waals surface area contributed by atoms with Crippen LogP contribution in [0.25, 0.3) is 0 Å². The normalized spacial score (nSPS) is 9.80. The molecule has 0 atom stereocenters. The van der Waals surface area contributed by atoms with Gasteiger partial charge in [-0.2, -0.15) is 0 Å². The van der Waals surface area contributed by atoms with Gasteiger partial charge in [0.2, 0.25) is 0 Å². The fourth-order valence-electron chi connectivity index (χ4n) is 0.787. The lowest BCUT2D eigenvalue weighted by molar-refractivity contribution is -0.217. The molecule has 0 aliphatic carbocycles. The van der Waals surface area contributed by atoms with Gasteiger partial charge in [0.05, 0.1) is 5.92 Å². The largest absolute Gasteiger partial charge is 0.357 e. The quantitative estimate of drug-likeness (QED) is 0.431. The molecular weight excluding hydrogens is 196 g/mol. The Kier molecular flexibility index (Phi) is 3.85. The number of hydrogen-bond acceptors (Lipinski definition) is 4. The molecule has 0 spiro atoms. The fourth-order valence-corrected chi connectivity index (χ4v) is 0.787. The van der Waals surface area contributed by atoms with E-state index >= 15 is 0 Å². The predicted octanol–water partition coefficient (Wildman–Crippen LogP) is 1.99. The van der Waals surface area contributed by atoms with E-state index in [0.717, 1.165) is 6.29 Å². The second-order valence-electron chi connectivity index (χ2n) is 3.33. The molecule has 0 fully saturated rings. The molecule has 0 unspecified atom stereocenters. The third-order valence-corrected chi connectivity index (χ3v) is 1.71. The molecule has 0 bridgehead atoms. The minimum Gasteiger partial charge on any atom is -0.298 e. The predicted molar refractivity (Wildman–Crippen MR) is 53.4 cm³/mol. The van der Waals surface area contributed by atoms with Gasteiger partial charge in [0.25, 0.3) is 0 Å². The molecule has 1 rings (SSSR count). The van der Waals surface area contributed by atoms with Gasteiger partial charge in [-0.3, -0.25) is 14.6 Å². The van der Waals surface area contributed by atoms with Crippen LogP contribution >= 0.6 is 0 Å². The summed E-state index contributed by atoms with van der Waals surface area (Å²) in [6.45, 7) is 3.42. The zero-order valence-electron chi connectivity index (χ0n) is 8.60. The Balaban J connectivity index is 2.51. The van der Waals surface area contributed by atoms with E-state index in [4.69, 9.17) is 4.89 Å². The Hall–Kier alpha value is -1.84. The first-order chi connectivity index (χ1) is 7.13. The monoisotopic (exact) mass is 208 g/mol. The van der Waals surface area contributed by atoms with E-state index in [9.17, 15) is 9.59 Å². The summed E-state index contributed by atoms with van der Waals surface area (Å²) in [5.41, 5.74) is 0.539. The second-order valence-corrected chi connectivity index (χ2v) is 3.33. The third-order valence-electron chi connectivity index (χ3n) is 1.71. The molecule has 0 saturated heterocycles. The lowest BCUT2D eigenvalue weighted by atomic mass is 10.2. The highest BCUT2D eigenvalue weighted by molar-refractivity contribution is 5.74. The molecule has 0 aliphatic heterocycles. The summed E-state index contributed by atoms with van der Waals surface area (Å²) in [4.78, 5) is 30.7. The summed E-state index contributed by atoms with van der Waals surface area (Å²) < 4.78 is 0. The number of benzene rings is 1. The Morgan fingerprint density at radius 2 is 1.87 bits per heavy atom. The highest BCUT2D eigenvalue weighted by atomic mass is 17.2. The van der Waals surface area contributed by atoms with Gasteiger partial charge in [-0.1, -0.05) is 13.8 Å². The Bertz CT molecular complexity index is 340. The van der Waals surface area contributed by atoms with Gasteiger partial charge in [0.15, 0.2) is 5.75 Å². The van der Waals surface area contributed by atoms with Crippen LogP contribution in [0.5, 0.6) is 5.75 Å². The highest BCUT2D eigenvalue weighted by Crippen LogP contribution is 2.12. The van der Waals surface area contributed by atoms with Crippen molar-refractivity contribution in [2.24, 2.45) is 5.92 Å². The molecule has 80 valence electrons. The van der Waals surface area contributed by atoms with Crippen molar-refractivity contribution >= 4 is 12.3 Å². The standard InChI is InChI=1S/C11H12O4/c1-8(2)11(13)15-14-10-5-3-9(7-12)4-6-10/h3-8H,1-2H3. The molecule has 0 aliphatic rings. The van der Waals surface area contributed by atoms with Crippen LogP contribution in [0, 0.1) is 5.92 Å². The number of rotatable bonds is 4. The van der Waals surface area contributed by atoms with Crippen molar-refractivity contribution in [3.8, 4) is 5.75 Å². The van der Waals surface area contributed by atoms with Gasteiger partial charge in [0, 0.05) is 5.56 Å². The number of hydrogen-bond donors (Lipinski definition) is 0. The summed E-state index contributed by atoms with van der Waals surface area (Å²) in [7, 11) is 0. The third kappa shape index (κ3) is 3.42. The van der Waals surface area contributed by atoms with Crippen LogP contribution in [0.1, 0.15) is 24.2 Å². The van der Waals surface area contributed by atoms with Crippen molar-refractivity contribution in [1.82, 2.24) is 0 Å². The maximum Gasteiger partial charge on any atom is 0.357 e. The molecule has 15 heavy (non-hydrogen) atoms. The lowest BCUT2D eigenvalue weighted by Crippen LogP contribution is -2.13. The molecule has 0 heterocycles. The zero-order chi connectivity index (χ0) is 11.3. The minimum absolute atomic E-state index is 0.237. The van der Waals surface area contributed by atoms with Crippen LogP contribution in [0.4, 0.5) is 0 Å². The van der Waals surface area contributed by atoms with Crippen molar-refractivity contribution in [2.75, 3.05) is 0 Å². The molecule has 0 amide bonds. The van der Waals surface area contributed by atoms with E-state index in [1.807, 2.05) is 0 Å². The molecular formula is C11H12O4. The molecule has 1 aromatic carbocycles. The highest BCUT2D eigenvalue weighted by Gasteiger charge is 2.10. The summed E-state index contributed by atoms with van der Waals surface area (Å²) in [5.74, 6) is -0.289. The fraction of sp³-hybridized carbons (Fsp3) is 0.273. The lowest BCUT2D eigenvalue weighted by Gasteiger charge is -2.05. The molecule has 4 nitrogen and oxygen atoms in total. The summed E-state index contributed by atoms with van der Waals surface area (Å²) >= 11 is 0. The first-order valence-electron chi connectivity index (χ1n) is 4.57. The number of carbonyl (C=O) groups is 2. The first-order valence-corrected chi connectivity index (χ1v) is 4.57. The molecule has 0 radical (unpaired) electrons. The van der Waals surface area contributed by atoms with E-state index in [1.54, 1.807) is 38.1 Å². The van der Waals surface area contributed by atoms with Crippen LogP contribution in [0.3, 0.4) is 0 Å². The van der Waals surface area contributed by atoms with E-state index in [-0.39, 0.29) is 5.92 Å². The summed E-state index contributed by atoms with van der Waals surface area (Å²) in [6.07, 6.45) is 0.726. The van der Waals surface area contributed by atoms with Gasteiger partial charge in [-0.15, -0.1) is 0 Å². The number of carbonyl (C=O) groups excluding carboxylic acids is 2. The van der Waals surface area contributed by atoms with Crippen LogP contribution in [0.2, 0.25) is 0 Å². The molecule has 0 aromatic heterocycles. The average Bonchev–Trinajstić information content (AvgIpc) is 2.26. The topological polar surface area (TPSA) is 52.6 Å². The van der Waals surface area contributed by atoms with Gasteiger partial charge in [-0.05, 0) is 24.3 Å². The van der Waals surface area contributed by atoms with Crippen molar-refractivity contribution in [2.45, 2.75) is 13.8 Å². The van der Waals surface area contributed by atoms with E-state index in [0.29, 0.717) is 11.3 Å². The van der Waals surface area contributed by atoms with Crippen molar-refractivity contribution in [3.05, 3.63) is 29.8 Å². The van der Waals surface area contributed by atoms with Gasteiger partial charge >= 0.3 is 5.97 Å². The minimum atomic E-state index is -0.436. The Morgan fingerprint density at radius 1 is 1.27 bits per heavy atom. The number of aldehydes is 1. The molecule has 0 saturated carbocycles. The molecule has 4 heteroatoms. The zero-order valence-corrected chi connectivity index (χ0v) is 8.60. The van der Waals surface area contributed by atoms with Crippen LogP contribution in [-0.4, -0.2) is 12.3 Å². The Morgan fingerprint density at radius 3 is 2.33 bits per heavy atom. The van der Waals surface area contributed by atoms with Crippen molar-refractivity contribution < 1.29 is 19.4 Å². The summed E-state index contributed by atoms with van der Waals surface area (Å²) in [5, 5.41) is 0. The maximum atomic E-state index is 11.0. The smallest absolute Gasteiger partial charge is 0.298 e. The van der Waals surface area contributed by atoms with E-state index < -0.39 is 5.97 Å². The van der Waals surface area contributed by atoms with Gasteiger partial charge in [-0.25, -0.2) is 4.79 Å². The van der Waals surface area contributed by atoms with Gasteiger partial charge < -0.3 is 0 Å². The van der Waals surface area contributed by atoms with Crippen LogP contribution < -0.4 is 4.89 Å². The van der Waals surface area contributed by atoms with Crippen molar-refractivity contribution in [3.63, 3.8) is 0 Å². The van der Waals surface area contributed by atoms with E-state index in [2.05, 4.69) is 4.89 Å². The molecule has 1 aromatic rings. The Labute approximate surface area is 87.7 Å². The van der Waals surface area contributed by atoms with Crippen molar-refractivity contribution in [1.29, 1.82) is 0 Å². The first kappa shape index (κ1) is 11.2.